The molecule has 6 heteroatoms. The summed E-state index contributed by atoms with van der Waals surface area (Å²) in [4.78, 5) is 37.2. The largest absolute Gasteiger partial charge is 0.481 e. The van der Waals surface area contributed by atoms with Gasteiger partial charge in [-0.3, -0.25) is 14.4 Å². The van der Waals surface area contributed by atoms with E-state index < -0.39 is 11.4 Å². The van der Waals surface area contributed by atoms with Crippen LogP contribution in [0.5, 0.6) is 0 Å². The van der Waals surface area contributed by atoms with Crippen molar-refractivity contribution in [3.8, 4) is 0 Å². The second-order valence-corrected chi connectivity index (χ2v) is 6.38. The van der Waals surface area contributed by atoms with Crippen LogP contribution in [-0.4, -0.2) is 48.1 Å². The summed E-state index contributed by atoms with van der Waals surface area (Å²) < 4.78 is 4.75. The molecule has 1 N–H and O–H groups in total. The summed E-state index contributed by atoms with van der Waals surface area (Å²) in [5.74, 6) is -1.58. The third kappa shape index (κ3) is 3.04. The molecule has 21 heavy (non-hydrogen) atoms. The van der Waals surface area contributed by atoms with Crippen LogP contribution in [-0.2, 0) is 19.1 Å². The van der Waals surface area contributed by atoms with Crippen LogP contribution in [0.4, 0.5) is 0 Å². The Morgan fingerprint density at radius 3 is 2.38 bits per heavy atom. The van der Waals surface area contributed by atoms with Crippen molar-refractivity contribution in [3.63, 3.8) is 0 Å². The molecule has 1 heterocycles. The van der Waals surface area contributed by atoms with Crippen molar-refractivity contribution in [2.24, 2.45) is 17.3 Å². The average molecular weight is 297 g/mol. The molecule has 1 amide bonds. The van der Waals surface area contributed by atoms with Crippen molar-refractivity contribution < 1.29 is 24.2 Å². The number of amides is 1. The number of carbonyl (C=O) groups is 3. The maximum absolute atomic E-state index is 12.4. The zero-order chi connectivity index (χ0) is 15.6. The standard InChI is InChI=1S/C15H23NO5/c1-10-8-16(9-11(10)13(18)21-2)12(17)7-15(14(19)20)5-3-4-6-15/h10-11H,3-9H2,1-2H3,(H,19,20). The van der Waals surface area contributed by atoms with E-state index in [-0.39, 0.29) is 30.1 Å². The third-order valence-corrected chi connectivity index (χ3v) is 4.97. The molecule has 2 atom stereocenters. The van der Waals surface area contributed by atoms with E-state index >= 15 is 0 Å². The molecule has 1 aliphatic carbocycles. The van der Waals surface area contributed by atoms with E-state index in [0.717, 1.165) is 12.8 Å². The Hall–Kier alpha value is -1.59. The van der Waals surface area contributed by atoms with E-state index in [2.05, 4.69) is 0 Å². The number of nitrogens with zero attached hydrogens (tertiary/aromatic N) is 1. The topological polar surface area (TPSA) is 83.9 Å². The van der Waals surface area contributed by atoms with Gasteiger partial charge in [0.1, 0.15) is 0 Å². The molecule has 1 saturated carbocycles. The van der Waals surface area contributed by atoms with Gasteiger partial charge in [-0.1, -0.05) is 19.8 Å². The first-order valence-electron chi connectivity index (χ1n) is 7.48. The van der Waals surface area contributed by atoms with Crippen molar-refractivity contribution in [1.29, 1.82) is 0 Å². The number of esters is 1. The summed E-state index contributed by atoms with van der Waals surface area (Å²) in [7, 11) is 1.34. The van der Waals surface area contributed by atoms with Gasteiger partial charge in [-0.25, -0.2) is 0 Å². The molecule has 0 spiro atoms. The fraction of sp³-hybridized carbons (Fsp3) is 0.800. The molecular formula is C15H23NO5. The van der Waals surface area contributed by atoms with Crippen LogP contribution < -0.4 is 0 Å². The SMILES string of the molecule is COC(=O)C1CN(C(=O)CC2(C(=O)O)CCCC2)CC1C. The van der Waals surface area contributed by atoms with E-state index in [1.807, 2.05) is 6.92 Å². The maximum Gasteiger partial charge on any atom is 0.310 e. The maximum atomic E-state index is 12.4. The van der Waals surface area contributed by atoms with E-state index in [9.17, 15) is 19.5 Å². The highest BCUT2D eigenvalue weighted by Gasteiger charge is 2.45. The van der Waals surface area contributed by atoms with Gasteiger partial charge >= 0.3 is 11.9 Å². The number of carbonyl (C=O) groups excluding carboxylic acids is 2. The Morgan fingerprint density at radius 1 is 1.24 bits per heavy atom. The Morgan fingerprint density at radius 2 is 1.86 bits per heavy atom. The van der Waals surface area contributed by atoms with Gasteiger partial charge in [0, 0.05) is 19.5 Å². The van der Waals surface area contributed by atoms with E-state index in [1.54, 1.807) is 4.90 Å². The number of aliphatic carboxylic acids is 1. The van der Waals surface area contributed by atoms with E-state index in [4.69, 9.17) is 4.74 Å². The highest BCUT2D eigenvalue weighted by molar-refractivity contribution is 5.86. The molecule has 2 aliphatic rings. The minimum atomic E-state index is -0.899. The van der Waals surface area contributed by atoms with Crippen LogP contribution in [0.1, 0.15) is 39.0 Å². The lowest BCUT2D eigenvalue weighted by molar-refractivity contribution is -0.153. The number of hydrogen-bond donors (Lipinski definition) is 1. The lowest BCUT2D eigenvalue weighted by Crippen LogP contribution is -2.38. The minimum absolute atomic E-state index is 0.0446. The molecule has 118 valence electrons. The molecule has 2 rings (SSSR count). The normalized spacial score (nSPS) is 27.6. The van der Waals surface area contributed by atoms with Crippen LogP contribution in [0, 0.1) is 17.3 Å². The van der Waals surface area contributed by atoms with Gasteiger partial charge < -0.3 is 14.7 Å². The first-order valence-corrected chi connectivity index (χ1v) is 7.48. The van der Waals surface area contributed by atoms with Gasteiger partial charge in [-0.2, -0.15) is 0 Å². The molecule has 1 saturated heterocycles. The predicted molar refractivity (Wildman–Crippen MR) is 74.4 cm³/mol. The molecule has 2 fully saturated rings. The summed E-state index contributed by atoms with van der Waals surface area (Å²) in [5.41, 5.74) is -0.899. The van der Waals surface area contributed by atoms with Gasteiger partial charge in [0.2, 0.25) is 5.91 Å². The van der Waals surface area contributed by atoms with Crippen LogP contribution in [0.2, 0.25) is 0 Å². The van der Waals surface area contributed by atoms with Gasteiger partial charge in [-0.05, 0) is 18.8 Å². The Kier molecular flexibility index (Phi) is 4.54. The van der Waals surface area contributed by atoms with E-state index in [0.29, 0.717) is 25.9 Å². The summed E-state index contributed by atoms with van der Waals surface area (Å²) in [6, 6.07) is 0. The lowest BCUT2D eigenvalue weighted by Gasteiger charge is -2.26. The number of rotatable bonds is 4. The van der Waals surface area contributed by atoms with Crippen molar-refractivity contribution in [2.75, 3.05) is 20.2 Å². The van der Waals surface area contributed by atoms with Crippen molar-refractivity contribution in [2.45, 2.75) is 39.0 Å². The molecule has 0 radical (unpaired) electrons. The first kappa shape index (κ1) is 15.8. The van der Waals surface area contributed by atoms with E-state index in [1.165, 1.54) is 7.11 Å². The van der Waals surface area contributed by atoms with Gasteiger partial charge in [-0.15, -0.1) is 0 Å². The summed E-state index contributed by atoms with van der Waals surface area (Å²) in [6.07, 6.45) is 2.90. The molecule has 2 unspecified atom stereocenters. The van der Waals surface area contributed by atoms with Gasteiger partial charge in [0.25, 0.3) is 0 Å². The molecule has 0 aromatic heterocycles. The number of methoxy groups -OCH3 is 1. The lowest BCUT2D eigenvalue weighted by atomic mass is 9.82. The number of ether oxygens (including phenoxy) is 1. The quantitative estimate of drug-likeness (QED) is 0.790. The highest BCUT2D eigenvalue weighted by Crippen LogP contribution is 2.42. The number of carboxylic acid groups (broad SMARTS) is 1. The second-order valence-electron chi connectivity index (χ2n) is 6.38. The second kappa shape index (κ2) is 6.03. The zero-order valence-electron chi connectivity index (χ0n) is 12.6. The smallest absolute Gasteiger partial charge is 0.310 e. The van der Waals surface area contributed by atoms with Crippen LogP contribution in [0.15, 0.2) is 0 Å². The van der Waals surface area contributed by atoms with Crippen LogP contribution in [0.25, 0.3) is 0 Å². The molecule has 0 bridgehead atoms. The van der Waals surface area contributed by atoms with Crippen molar-refractivity contribution in [3.05, 3.63) is 0 Å². The third-order valence-electron chi connectivity index (χ3n) is 4.97. The summed E-state index contributed by atoms with van der Waals surface area (Å²) >= 11 is 0. The predicted octanol–water partition coefficient (Wildman–Crippen LogP) is 1.29. The molecule has 1 aliphatic heterocycles. The Balaban J connectivity index is 2.01. The number of hydrogen-bond acceptors (Lipinski definition) is 4. The van der Waals surface area contributed by atoms with Gasteiger partial charge in [0.15, 0.2) is 0 Å². The number of carboxylic acids is 1. The van der Waals surface area contributed by atoms with Crippen LogP contribution in [0.3, 0.4) is 0 Å². The van der Waals surface area contributed by atoms with Crippen LogP contribution >= 0.6 is 0 Å². The summed E-state index contributed by atoms with van der Waals surface area (Å²) in [6.45, 7) is 2.74. The molecule has 6 nitrogen and oxygen atoms in total. The highest BCUT2D eigenvalue weighted by atomic mass is 16.5. The average Bonchev–Trinajstić information content (AvgIpc) is 3.05. The monoisotopic (exact) mass is 297 g/mol. The fourth-order valence-electron chi connectivity index (χ4n) is 3.55. The molecule has 0 aromatic rings. The fourth-order valence-corrected chi connectivity index (χ4v) is 3.55. The van der Waals surface area contributed by atoms with Crippen molar-refractivity contribution in [1.82, 2.24) is 4.90 Å². The minimum Gasteiger partial charge on any atom is -0.481 e. The molecular weight excluding hydrogens is 274 g/mol. The summed E-state index contributed by atoms with van der Waals surface area (Å²) in [5, 5.41) is 9.44. The Bertz CT molecular complexity index is 441. The van der Waals surface area contributed by atoms with Crippen molar-refractivity contribution >= 4 is 17.8 Å². The first-order chi connectivity index (χ1) is 9.89. The molecule has 0 aromatic carbocycles. The number of likely N-dealkylation sites (tertiary alicyclic amines) is 1. The Labute approximate surface area is 124 Å². The zero-order valence-corrected chi connectivity index (χ0v) is 12.6. The van der Waals surface area contributed by atoms with Gasteiger partial charge in [0.05, 0.1) is 18.4 Å².